The van der Waals surface area contributed by atoms with Crippen molar-refractivity contribution in [1.82, 2.24) is 25.1 Å². The summed E-state index contributed by atoms with van der Waals surface area (Å²) < 4.78 is 7.20. The van der Waals surface area contributed by atoms with Crippen molar-refractivity contribution in [3.8, 4) is 11.8 Å². The summed E-state index contributed by atoms with van der Waals surface area (Å²) in [6.45, 7) is 3.67. The Labute approximate surface area is 99.7 Å². The molecule has 90 valence electrons. The third-order valence-corrected chi connectivity index (χ3v) is 2.20. The highest BCUT2D eigenvalue weighted by Gasteiger charge is 2.07. The van der Waals surface area contributed by atoms with Crippen molar-refractivity contribution in [1.29, 1.82) is 0 Å². The Morgan fingerprint density at radius 2 is 2.35 bits per heavy atom. The minimum absolute atomic E-state index is 0.344. The molecule has 2 aromatic rings. The molecule has 0 aliphatic heterocycles. The van der Waals surface area contributed by atoms with E-state index in [1.54, 1.807) is 30.5 Å². The molecule has 2 aromatic heterocycles. The van der Waals surface area contributed by atoms with E-state index in [0.717, 1.165) is 17.9 Å². The fourth-order valence-corrected chi connectivity index (χ4v) is 1.37. The molecule has 6 heteroatoms. The summed E-state index contributed by atoms with van der Waals surface area (Å²) >= 11 is 0. The number of hydrogen-bond donors (Lipinski definition) is 1. The van der Waals surface area contributed by atoms with Gasteiger partial charge in [0.05, 0.1) is 0 Å². The summed E-state index contributed by atoms with van der Waals surface area (Å²) in [5.41, 5.74) is 0.988. The van der Waals surface area contributed by atoms with Gasteiger partial charge in [-0.2, -0.15) is 4.98 Å². The maximum atomic E-state index is 5.60. The third-order valence-electron chi connectivity index (χ3n) is 2.20. The average Bonchev–Trinajstić information content (AvgIpc) is 2.74. The molecular weight excluding hydrogens is 218 g/mol. The van der Waals surface area contributed by atoms with Crippen LogP contribution in [0.15, 0.2) is 24.8 Å². The van der Waals surface area contributed by atoms with Crippen molar-refractivity contribution in [2.24, 2.45) is 7.05 Å². The lowest BCUT2D eigenvalue weighted by Gasteiger charge is -2.07. The molecule has 1 N–H and O–H groups in total. The molecule has 0 amide bonds. The van der Waals surface area contributed by atoms with Crippen LogP contribution in [-0.4, -0.2) is 26.3 Å². The zero-order chi connectivity index (χ0) is 12.1. The predicted molar refractivity (Wildman–Crippen MR) is 62.7 cm³/mol. The summed E-state index contributed by atoms with van der Waals surface area (Å²) in [4.78, 5) is 8.10. The highest BCUT2D eigenvalue weighted by atomic mass is 16.5. The Hall–Kier alpha value is -1.95. The topological polar surface area (TPSA) is 64.9 Å². The van der Waals surface area contributed by atoms with Gasteiger partial charge >= 0.3 is 6.01 Å². The normalized spacial score (nSPS) is 10.5. The van der Waals surface area contributed by atoms with Gasteiger partial charge in [0.2, 0.25) is 0 Å². The zero-order valence-corrected chi connectivity index (χ0v) is 9.92. The molecule has 0 saturated heterocycles. The number of aryl methyl sites for hydroxylation is 1. The van der Waals surface area contributed by atoms with Gasteiger partial charge in [0, 0.05) is 31.5 Å². The van der Waals surface area contributed by atoms with Crippen LogP contribution in [0.1, 0.15) is 12.5 Å². The van der Waals surface area contributed by atoms with Crippen LogP contribution in [0.2, 0.25) is 0 Å². The van der Waals surface area contributed by atoms with Crippen molar-refractivity contribution in [3.63, 3.8) is 0 Å². The Balaban J connectivity index is 2.14. The van der Waals surface area contributed by atoms with Gasteiger partial charge in [0.1, 0.15) is 12.1 Å². The number of aromatic nitrogens is 4. The Kier molecular flexibility index (Phi) is 3.66. The molecule has 0 aromatic carbocycles. The molecule has 0 radical (unpaired) electrons. The molecule has 2 heterocycles. The summed E-state index contributed by atoms with van der Waals surface area (Å²) in [7, 11) is 1.80. The lowest BCUT2D eigenvalue weighted by molar-refractivity contribution is 0.431. The first-order valence-corrected chi connectivity index (χ1v) is 5.46. The zero-order valence-electron chi connectivity index (χ0n) is 9.92. The van der Waals surface area contributed by atoms with Gasteiger partial charge in [-0.05, 0) is 12.6 Å². The summed E-state index contributed by atoms with van der Waals surface area (Å²) in [5, 5.41) is 7.30. The van der Waals surface area contributed by atoms with Gasteiger partial charge in [-0.3, -0.25) is 9.67 Å². The molecular formula is C11H15N5O. The molecule has 0 saturated carbocycles. The minimum Gasteiger partial charge on any atom is -0.423 e. The van der Waals surface area contributed by atoms with Gasteiger partial charge in [-0.25, -0.2) is 0 Å². The van der Waals surface area contributed by atoms with Crippen LogP contribution in [0.4, 0.5) is 0 Å². The van der Waals surface area contributed by atoms with Crippen LogP contribution in [0.3, 0.4) is 0 Å². The van der Waals surface area contributed by atoms with E-state index < -0.39 is 0 Å². The van der Waals surface area contributed by atoms with E-state index in [9.17, 15) is 0 Å². The quantitative estimate of drug-likeness (QED) is 0.838. The van der Waals surface area contributed by atoms with E-state index in [1.165, 1.54) is 0 Å². The van der Waals surface area contributed by atoms with Crippen LogP contribution < -0.4 is 10.1 Å². The fraction of sp³-hybridized carbons (Fsp3) is 0.364. The Morgan fingerprint density at radius 1 is 1.47 bits per heavy atom. The predicted octanol–water partition coefficient (Wildman–Crippen LogP) is 1.11. The molecule has 0 aliphatic rings. The van der Waals surface area contributed by atoms with Gasteiger partial charge in [0.15, 0.2) is 0 Å². The van der Waals surface area contributed by atoms with Crippen LogP contribution in [0, 0.1) is 0 Å². The van der Waals surface area contributed by atoms with Gasteiger partial charge in [-0.15, -0.1) is 5.10 Å². The summed E-state index contributed by atoms with van der Waals surface area (Å²) in [6, 6.07) is 2.15. The van der Waals surface area contributed by atoms with Crippen molar-refractivity contribution < 1.29 is 4.74 Å². The first-order chi connectivity index (χ1) is 8.29. The molecule has 0 aliphatic carbocycles. The first kappa shape index (κ1) is 11.5. The highest BCUT2D eigenvalue weighted by molar-refractivity contribution is 5.31. The molecule has 0 bridgehead atoms. The molecule has 0 atom stereocenters. The highest BCUT2D eigenvalue weighted by Crippen LogP contribution is 2.21. The Bertz CT molecular complexity index is 482. The number of nitrogens with zero attached hydrogens (tertiary/aromatic N) is 4. The van der Waals surface area contributed by atoms with E-state index in [0.29, 0.717) is 12.6 Å². The first-order valence-electron chi connectivity index (χ1n) is 5.46. The third kappa shape index (κ3) is 3.01. The number of hydrogen-bond acceptors (Lipinski definition) is 5. The van der Waals surface area contributed by atoms with Crippen LogP contribution in [-0.2, 0) is 13.6 Å². The molecule has 2 rings (SSSR count). The van der Waals surface area contributed by atoms with E-state index in [4.69, 9.17) is 4.74 Å². The molecule has 6 nitrogen and oxygen atoms in total. The standard InChI is InChI=1S/C11H15N5O/c1-3-12-6-9-7-13-5-4-10(9)17-11-14-8-16(2)15-11/h4-5,7-8,12H,3,6H2,1-2H3. The van der Waals surface area contributed by atoms with E-state index in [1.807, 2.05) is 6.07 Å². The largest absolute Gasteiger partial charge is 0.423 e. The van der Waals surface area contributed by atoms with Gasteiger partial charge in [0.25, 0.3) is 0 Å². The molecule has 17 heavy (non-hydrogen) atoms. The monoisotopic (exact) mass is 233 g/mol. The van der Waals surface area contributed by atoms with Gasteiger partial charge in [-0.1, -0.05) is 6.92 Å². The van der Waals surface area contributed by atoms with Gasteiger partial charge < -0.3 is 10.1 Å². The van der Waals surface area contributed by atoms with Crippen molar-refractivity contribution in [3.05, 3.63) is 30.4 Å². The minimum atomic E-state index is 0.344. The molecule has 0 fully saturated rings. The number of ether oxygens (including phenoxy) is 1. The van der Waals surface area contributed by atoms with E-state index in [-0.39, 0.29) is 0 Å². The second kappa shape index (κ2) is 5.40. The molecule has 0 spiro atoms. The average molecular weight is 233 g/mol. The second-order valence-electron chi connectivity index (χ2n) is 3.57. The lowest BCUT2D eigenvalue weighted by Crippen LogP contribution is -2.12. The van der Waals surface area contributed by atoms with Crippen molar-refractivity contribution in [2.75, 3.05) is 6.54 Å². The molecule has 0 unspecified atom stereocenters. The number of nitrogens with one attached hydrogen (secondary N) is 1. The summed E-state index contributed by atoms with van der Waals surface area (Å²) in [5.74, 6) is 0.729. The summed E-state index contributed by atoms with van der Waals surface area (Å²) in [6.07, 6.45) is 5.06. The van der Waals surface area contributed by atoms with Crippen LogP contribution >= 0.6 is 0 Å². The Morgan fingerprint density at radius 3 is 3.06 bits per heavy atom. The SMILES string of the molecule is CCNCc1cnccc1Oc1ncn(C)n1. The smallest absolute Gasteiger partial charge is 0.340 e. The lowest BCUT2D eigenvalue weighted by atomic mass is 10.2. The number of rotatable bonds is 5. The number of pyridine rings is 1. The van der Waals surface area contributed by atoms with E-state index >= 15 is 0 Å². The van der Waals surface area contributed by atoms with Crippen molar-refractivity contribution >= 4 is 0 Å². The maximum absolute atomic E-state index is 5.60. The fourth-order valence-electron chi connectivity index (χ4n) is 1.37. The van der Waals surface area contributed by atoms with Crippen molar-refractivity contribution in [2.45, 2.75) is 13.5 Å². The van der Waals surface area contributed by atoms with Crippen LogP contribution in [0.25, 0.3) is 0 Å². The maximum Gasteiger partial charge on any atom is 0.340 e. The second-order valence-corrected chi connectivity index (χ2v) is 3.57. The van der Waals surface area contributed by atoms with E-state index in [2.05, 4.69) is 27.3 Å². The van der Waals surface area contributed by atoms with Crippen LogP contribution in [0.5, 0.6) is 11.8 Å².